The first-order valence-corrected chi connectivity index (χ1v) is 0. The van der Waals surface area contributed by atoms with Crippen molar-refractivity contribution in [3.05, 3.63) is 0 Å². The summed E-state index contributed by atoms with van der Waals surface area (Å²) < 4.78 is 0. The van der Waals surface area contributed by atoms with Crippen molar-refractivity contribution in [1.82, 2.24) is 0 Å². The zero-order valence-corrected chi connectivity index (χ0v) is 99.9. The first-order chi connectivity index (χ1) is 0. The Morgan fingerprint density at radius 2 is 0.0391 bits per heavy atom. The molecule has 0 saturated heterocycles. The van der Waals surface area contributed by atoms with Gasteiger partial charge in [0, 0.05) is 371 Å². The van der Waals surface area contributed by atoms with Crippen LogP contribution in [0.15, 0.2) is 0 Å². The molecule has 0 rings (SSSR count). The molecule has 0 aromatic rings. The van der Waals surface area contributed by atoms with Crippen LogP contribution in [0, 0.1) is 0 Å². The SMILES string of the molecule is O.O.O.O.O.O.O.O.O.O.O.O.O.O.O.O.[O-2].[O-2].[O-2].[O-2].[O-2].[O-2].[O-2].[O-2].[O-2].[O-2].[O-2].[O-2].[O-2].[O-2].[O-2].[O-2].[O-2].[O-2].[O-2].[O-2].[O-2].[O-2].[O-2].[O-2].[O-2].[O-2].[O-2].[O-2].[O-2].[O-2].[O-2].[O-2].[O-2].[O-2].[O-2].[O-2].[O-2].[O-2].[O-2].[O-2].[O-2].[O-2].[O-2].[O-2].[O-2].[O-2].[O-2].[O-2].[O-2].[O-2].[O-2].[O-2].[O-2].[O-2].[O-2].[O-2].[OH3+].[OH3+].[OH3+].[OH3+].[OH3+].[OH3+].[OH3+].[OH3+].[OH3+].[OH3+].[OH3+].[OH3+].[OH3+].[OH3+].[OH3+].[OH3+].[OH3+].[OH3+].[OH3+].[OH3+].[OH3+].[OH3+].[OH3+].[OH3+].[OH3+].[OH3+].[OH3+].[OH3+].[OH3+].[OH3+].[OH3+].[OH3+].[V].[V].[V].[V].[V].[V].[V].[V].[V].[V].[V].[V].[V].[V].[V].[V].[V].[V].[V].[V].[Y+3].[Y+3].[Y+3].[Y+3]. The molecule has 0 atom stereocenters. The predicted molar refractivity (Wildman–Crippen MR) is 252 cm³/mol. The van der Waals surface area contributed by atoms with Crippen molar-refractivity contribution in [2.45, 2.75) is 0 Å². The van der Waals surface area contributed by atoms with Gasteiger partial charge in [-0.25, -0.2) is 0 Å². The van der Waals surface area contributed by atoms with Crippen molar-refractivity contribution in [2.75, 3.05) is 0 Å². The Kier molecular flexibility index (Phi) is 2740000. The molecule has 932 valence electrons. The molecule has 0 bridgehead atoms. The predicted octanol–water partition coefficient (Wildman–Crippen LogP) is -49.4. The van der Waals surface area contributed by atoms with Gasteiger partial charge in [0.05, 0.1) is 0 Å². The van der Waals surface area contributed by atoms with Gasteiger partial charge < -0.3 is 570 Å². The van der Waals surface area contributed by atoms with Gasteiger partial charge in [0.25, 0.3) is 0 Å². The van der Waals surface area contributed by atoms with Crippen LogP contribution in [0.25, 0.3) is 0 Å². The van der Waals surface area contributed by atoms with Gasteiger partial charge in [-0.2, -0.15) is 0 Å². The fourth-order valence-corrected chi connectivity index (χ4v) is 0. The quantitative estimate of drug-likeness (QED) is 0.204. The van der Waals surface area contributed by atoms with E-state index in [0.717, 1.165) is 0 Å². The average Bonchev–Trinajstić information content (AvgIpc) is 0. The van der Waals surface area contributed by atoms with Crippen LogP contribution in [0.4, 0.5) is 0 Å². The summed E-state index contributed by atoms with van der Waals surface area (Å²) >= 11 is 0. The smallest absolute Gasteiger partial charge is 2.00 e. The Labute approximate surface area is 1060 Å². The molecule has 128 heavy (non-hydrogen) atoms. The van der Waals surface area contributed by atoms with Gasteiger partial charge in [-0.1, -0.05) is 0 Å². The van der Waals surface area contributed by atoms with E-state index in [1.807, 2.05) is 0 Å². The van der Waals surface area contributed by atoms with E-state index in [0.29, 0.717) is 0 Å². The Bertz CT molecular complexity index is 105. The molecule has 0 aliphatic heterocycles. The van der Waals surface area contributed by atoms with Crippen molar-refractivity contribution < 1.29 is 1070 Å². The van der Waals surface area contributed by atoms with Crippen LogP contribution in [0.2, 0.25) is 0 Å². The monoisotopic (exact) mass is 3170 g/mol. The third kappa shape index (κ3) is 18100. The molecule has 0 fully saturated rings. The molecular formula is H128O104V20Y4-68. The normalized spacial score (nSPS) is 0. The third-order valence-corrected chi connectivity index (χ3v) is 0. The Morgan fingerprint density at radius 3 is 0.0391 bits per heavy atom. The maximum Gasteiger partial charge on any atom is 3.00 e. The molecule has 128 heteroatoms. The summed E-state index contributed by atoms with van der Waals surface area (Å²) in [6.07, 6.45) is 0. The van der Waals surface area contributed by atoms with Crippen molar-refractivity contribution in [3.8, 4) is 0 Å². The van der Waals surface area contributed by atoms with Crippen LogP contribution in [0.1, 0.15) is 0 Å². The second-order valence-corrected chi connectivity index (χ2v) is 0. The standard InChI is InChI=1S/48H2O.56O.20V.4Y/h48*1H2;;;;;;;;;;;;;;;;;;;;;;;;;;;;;;;;;;;;;;;;;;;;;;;;;;;;;;;;;;;;;;;;;;;;;;;;;;;;;;;;/q;;;;;;;;;;;;;;;;;;;;;;;;;;;;;;;;;;;;;;;;;;;;;;;;56*-2;;;;;;;;;;;;;;;;;;;;;4*+3/p+32. The summed E-state index contributed by atoms with van der Waals surface area (Å²) in [6, 6.07) is 0. The van der Waals surface area contributed by atoms with Gasteiger partial charge >= 0.3 is 131 Å². The Morgan fingerprint density at radius 1 is 0.0391 bits per heavy atom. The molecule has 104 nitrogen and oxygen atoms in total. The molecule has 0 aliphatic carbocycles. The molecular weight excluding hydrogens is 3040 g/mol. The van der Waals surface area contributed by atoms with Crippen molar-refractivity contribution in [3.63, 3.8) is 0 Å². The molecule has 0 saturated carbocycles. The van der Waals surface area contributed by atoms with E-state index in [2.05, 4.69) is 0 Å². The molecule has 0 spiro atoms. The van der Waals surface area contributed by atoms with E-state index < -0.39 is 0 Å². The van der Waals surface area contributed by atoms with Crippen LogP contribution < -0.4 is 0 Å². The molecule has 20 radical (unpaired) electrons. The van der Waals surface area contributed by atoms with Gasteiger partial charge in [0.15, 0.2) is 0 Å². The summed E-state index contributed by atoms with van der Waals surface area (Å²) in [5, 5.41) is 0. The van der Waals surface area contributed by atoms with E-state index in [1.165, 1.54) is 0 Å². The van der Waals surface area contributed by atoms with Gasteiger partial charge in [-0.15, -0.1) is 0 Å². The maximum atomic E-state index is 0. The minimum absolute atomic E-state index is 0. The first kappa shape index (κ1) is 18900. The summed E-state index contributed by atoms with van der Waals surface area (Å²) in [4.78, 5) is 0. The van der Waals surface area contributed by atoms with E-state index >= 15 is 0 Å². The molecule has 0 amide bonds. The summed E-state index contributed by atoms with van der Waals surface area (Å²) in [6.45, 7) is 0. The van der Waals surface area contributed by atoms with Crippen LogP contribution in [0.5, 0.6) is 0 Å². The number of hydrogen-bond acceptors (Lipinski definition) is 0. The van der Waals surface area contributed by atoms with E-state index in [-0.39, 0.29) is 1070 Å². The fraction of sp³-hybridized carbons (Fsp3) is 0. The Balaban J connectivity index is 0. The maximum absolute atomic E-state index is 0. The molecule has 128 N–H and O–H groups in total. The molecule has 0 aliphatic rings. The number of rotatable bonds is 0. The molecule has 0 aromatic heterocycles. The molecule has 0 unspecified atom stereocenters. The second-order valence-electron chi connectivity index (χ2n) is 0. The zero-order valence-electron chi connectivity index (χ0n) is 60.6. The van der Waals surface area contributed by atoms with Crippen molar-refractivity contribution in [1.29, 1.82) is 0 Å². The summed E-state index contributed by atoms with van der Waals surface area (Å²) in [5.41, 5.74) is 0. The largest absolute Gasteiger partial charge is 3.00 e. The number of hydrogen-bond donors (Lipinski definition) is 0. The van der Waals surface area contributed by atoms with E-state index in [1.54, 1.807) is 0 Å². The van der Waals surface area contributed by atoms with E-state index in [9.17, 15) is 0 Å². The zero-order chi connectivity index (χ0) is 0. The van der Waals surface area contributed by atoms with Crippen LogP contribution in [0.3, 0.4) is 0 Å². The van der Waals surface area contributed by atoms with Gasteiger partial charge in [-0.05, 0) is 0 Å². The third-order valence-electron chi connectivity index (χ3n) is 0. The topological polar surface area (TPSA) is 3160 Å². The van der Waals surface area contributed by atoms with Crippen LogP contribution in [-0.2, 0) is 984 Å². The summed E-state index contributed by atoms with van der Waals surface area (Å²) in [7, 11) is 0. The van der Waals surface area contributed by atoms with Gasteiger partial charge in [-0.3, -0.25) is 0 Å². The molecule has 0 aromatic carbocycles. The van der Waals surface area contributed by atoms with Crippen LogP contribution >= 0.6 is 0 Å². The van der Waals surface area contributed by atoms with Crippen molar-refractivity contribution >= 4 is 0 Å². The van der Waals surface area contributed by atoms with Crippen LogP contribution in [-0.4, -0.2) is 87.6 Å². The minimum Gasteiger partial charge on any atom is -2.00 e. The minimum atomic E-state index is 0. The van der Waals surface area contributed by atoms with Crippen molar-refractivity contribution in [2.24, 2.45) is 0 Å². The fourth-order valence-electron chi connectivity index (χ4n) is 0. The van der Waals surface area contributed by atoms with E-state index in [4.69, 9.17) is 0 Å². The Hall–Kier alpha value is 11.9. The van der Waals surface area contributed by atoms with Gasteiger partial charge in [0.2, 0.25) is 0 Å². The second kappa shape index (κ2) is 18500. The van der Waals surface area contributed by atoms with Gasteiger partial charge in [0.1, 0.15) is 0 Å². The summed E-state index contributed by atoms with van der Waals surface area (Å²) in [5.74, 6) is 0. The molecule has 0 heterocycles. The average molecular weight is 3170 g/mol. The first-order valence-electron chi connectivity index (χ1n) is 0.